The maximum absolute atomic E-state index is 12.8. The highest BCUT2D eigenvalue weighted by Crippen LogP contribution is 2.22. The van der Waals surface area contributed by atoms with Gasteiger partial charge < -0.3 is 9.64 Å². The average molecular weight is 319 g/mol. The first-order chi connectivity index (χ1) is 10.4. The molecule has 1 amide bonds. The number of aromatic nitrogens is 1. The summed E-state index contributed by atoms with van der Waals surface area (Å²) in [5.74, 6) is 0.00822. The van der Waals surface area contributed by atoms with Crippen molar-refractivity contribution >= 4 is 28.4 Å². The van der Waals surface area contributed by atoms with Crippen LogP contribution in [0.1, 0.15) is 29.9 Å². The number of nitrogens with zero attached hydrogens (tertiary/aromatic N) is 2. The van der Waals surface area contributed by atoms with E-state index in [-0.39, 0.29) is 18.1 Å². The number of carbonyl (C=O) groups is 1. The van der Waals surface area contributed by atoms with E-state index in [1.54, 1.807) is 0 Å². The number of pyridine rings is 1. The van der Waals surface area contributed by atoms with Gasteiger partial charge in [0.05, 0.1) is 29.0 Å². The second-order valence-electron chi connectivity index (χ2n) is 5.93. The summed E-state index contributed by atoms with van der Waals surface area (Å²) in [6.45, 7) is 7.06. The molecule has 0 saturated carbocycles. The minimum Gasteiger partial charge on any atom is -0.372 e. The summed E-state index contributed by atoms with van der Waals surface area (Å²) < 4.78 is 5.69. The molecular formula is C17H19ClN2O2. The highest BCUT2D eigenvalue weighted by molar-refractivity contribution is 6.31. The fourth-order valence-corrected chi connectivity index (χ4v) is 3.15. The van der Waals surface area contributed by atoms with E-state index < -0.39 is 0 Å². The van der Waals surface area contributed by atoms with Gasteiger partial charge in [-0.1, -0.05) is 11.6 Å². The molecule has 0 radical (unpaired) electrons. The van der Waals surface area contributed by atoms with Crippen molar-refractivity contribution in [2.24, 2.45) is 0 Å². The Morgan fingerprint density at radius 3 is 2.64 bits per heavy atom. The van der Waals surface area contributed by atoms with Crippen LogP contribution in [0.2, 0.25) is 5.02 Å². The summed E-state index contributed by atoms with van der Waals surface area (Å²) in [4.78, 5) is 19.2. The second kappa shape index (κ2) is 5.86. The molecule has 0 N–H and O–H groups in total. The average Bonchev–Trinajstić information content (AvgIpc) is 2.45. The lowest BCUT2D eigenvalue weighted by Crippen LogP contribution is -2.48. The van der Waals surface area contributed by atoms with Crippen molar-refractivity contribution in [2.75, 3.05) is 13.1 Å². The number of amides is 1. The molecule has 1 saturated heterocycles. The second-order valence-corrected chi connectivity index (χ2v) is 6.36. The minimum atomic E-state index is 0.00822. The lowest BCUT2D eigenvalue weighted by molar-refractivity contribution is -0.0586. The maximum atomic E-state index is 12.8. The van der Waals surface area contributed by atoms with E-state index in [0.29, 0.717) is 23.7 Å². The first kappa shape index (κ1) is 15.3. The van der Waals surface area contributed by atoms with Gasteiger partial charge in [0, 0.05) is 23.5 Å². The zero-order chi connectivity index (χ0) is 15.9. The lowest BCUT2D eigenvalue weighted by atomic mass is 10.1. The van der Waals surface area contributed by atoms with Gasteiger partial charge in [0.2, 0.25) is 0 Å². The zero-order valence-electron chi connectivity index (χ0n) is 13.0. The predicted molar refractivity (Wildman–Crippen MR) is 87.4 cm³/mol. The third-order valence-electron chi connectivity index (χ3n) is 3.90. The molecule has 1 fully saturated rings. The van der Waals surface area contributed by atoms with Gasteiger partial charge in [0.1, 0.15) is 0 Å². The topological polar surface area (TPSA) is 42.4 Å². The molecule has 116 valence electrons. The predicted octanol–water partition coefficient (Wildman–Crippen LogP) is 3.45. The molecule has 0 aliphatic carbocycles. The number of morpholine rings is 1. The van der Waals surface area contributed by atoms with Gasteiger partial charge >= 0.3 is 0 Å². The van der Waals surface area contributed by atoms with Gasteiger partial charge in [0.15, 0.2) is 0 Å². The van der Waals surface area contributed by atoms with Crippen LogP contribution >= 0.6 is 11.6 Å². The molecule has 2 atom stereocenters. The number of rotatable bonds is 1. The van der Waals surface area contributed by atoms with Gasteiger partial charge in [-0.15, -0.1) is 0 Å². The van der Waals surface area contributed by atoms with E-state index >= 15 is 0 Å². The van der Waals surface area contributed by atoms with Crippen molar-refractivity contribution in [3.63, 3.8) is 0 Å². The summed E-state index contributed by atoms with van der Waals surface area (Å²) in [6, 6.07) is 7.41. The molecule has 1 aromatic heterocycles. The van der Waals surface area contributed by atoms with Crippen molar-refractivity contribution < 1.29 is 9.53 Å². The first-order valence-electron chi connectivity index (χ1n) is 7.45. The van der Waals surface area contributed by atoms with Gasteiger partial charge in [-0.25, -0.2) is 0 Å². The highest BCUT2D eigenvalue weighted by atomic mass is 35.5. The monoisotopic (exact) mass is 318 g/mol. The number of aryl methyl sites for hydroxylation is 1. The number of hydrogen-bond donors (Lipinski definition) is 0. The highest BCUT2D eigenvalue weighted by Gasteiger charge is 2.27. The molecule has 5 heteroatoms. The van der Waals surface area contributed by atoms with Crippen LogP contribution < -0.4 is 0 Å². The molecule has 1 aliphatic heterocycles. The summed E-state index contributed by atoms with van der Waals surface area (Å²) in [5.41, 5.74) is 2.23. The normalized spacial score (nSPS) is 22.1. The summed E-state index contributed by atoms with van der Waals surface area (Å²) >= 11 is 6.04. The quantitative estimate of drug-likeness (QED) is 0.809. The van der Waals surface area contributed by atoms with E-state index in [1.165, 1.54) is 0 Å². The van der Waals surface area contributed by atoms with Crippen LogP contribution in [-0.4, -0.2) is 41.1 Å². The molecule has 0 bridgehead atoms. The van der Waals surface area contributed by atoms with E-state index in [2.05, 4.69) is 4.98 Å². The number of benzene rings is 1. The maximum Gasteiger partial charge on any atom is 0.255 e. The van der Waals surface area contributed by atoms with Crippen molar-refractivity contribution in [3.8, 4) is 0 Å². The van der Waals surface area contributed by atoms with Crippen LogP contribution in [-0.2, 0) is 4.74 Å². The third kappa shape index (κ3) is 2.94. The molecular weight excluding hydrogens is 300 g/mol. The molecule has 3 rings (SSSR count). The van der Waals surface area contributed by atoms with Gasteiger partial charge in [-0.2, -0.15) is 0 Å². The number of hydrogen-bond acceptors (Lipinski definition) is 3. The largest absolute Gasteiger partial charge is 0.372 e. The van der Waals surface area contributed by atoms with Crippen molar-refractivity contribution in [2.45, 2.75) is 33.0 Å². The Labute approximate surface area is 135 Å². The number of halogens is 1. The zero-order valence-corrected chi connectivity index (χ0v) is 13.7. The molecule has 1 aromatic carbocycles. The van der Waals surface area contributed by atoms with Gasteiger partial charge in [-0.05, 0) is 45.0 Å². The Kier molecular flexibility index (Phi) is 4.06. The van der Waals surface area contributed by atoms with E-state index in [1.807, 2.05) is 49.9 Å². The van der Waals surface area contributed by atoms with Crippen LogP contribution in [0.5, 0.6) is 0 Å². The minimum absolute atomic E-state index is 0.00822. The van der Waals surface area contributed by atoms with Crippen molar-refractivity contribution in [3.05, 3.63) is 40.5 Å². The smallest absolute Gasteiger partial charge is 0.255 e. The van der Waals surface area contributed by atoms with E-state index in [4.69, 9.17) is 16.3 Å². The van der Waals surface area contributed by atoms with Crippen molar-refractivity contribution in [1.82, 2.24) is 9.88 Å². The molecule has 1 aliphatic rings. The fraction of sp³-hybridized carbons (Fsp3) is 0.412. The van der Waals surface area contributed by atoms with E-state index in [0.717, 1.165) is 16.6 Å². The Hall–Kier alpha value is -1.65. The Bertz CT molecular complexity index is 722. The van der Waals surface area contributed by atoms with Crippen LogP contribution in [0.25, 0.3) is 10.9 Å². The SMILES string of the molecule is Cc1nc2ccc(Cl)cc2cc1C(=O)N1CC(C)OC(C)C1. The van der Waals surface area contributed by atoms with E-state index in [9.17, 15) is 4.79 Å². The molecule has 2 heterocycles. The lowest BCUT2D eigenvalue weighted by Gasteiger charge is -2.35. The van der Waals surface area contributed by atoms with Crippen LogP contribution in [0.4, 0.5) is 0 Å². The number of ether oxygens (including phenoxy) is 1. The molecule has 4 nitrogen and oxygen atoms in total. The molecule has 2 unspecified atom stereocenters. The van der Waals surface area contributed by atoms with Crippen LogP contribution in [0.3, 0.4) is 0 Å². The summed E-state index contributed by atoms with van der Waals surface area (Å²) in [5, 5.41) is 1.53. The van der Waals surface area contributed by atoms with Gasteiger partial charge in [-0.3, -0.25) is 9.78 Å². The molecule has 22 heavy (non-hydrogen) atoms. The Balaban J connectivity index is 1.98. The summed E-state index contributed by atoms with van der Waals surface area (Å²) in [7, 11) is 0. The van der Waals surface area contributed by atoms with Crippen LogP contribution in [0, 0.1) is 6.92 Å². The fourth-order valence-electron chi connectivity index (χ4n) is 2.97. The molecule has 2 aromatic rings. The van der Waals surface area contributed by atoms with Crippen molar-refractivity contribution in [1.29, 1.82) is 0 Å². The summed E-state index contributed by atoms with van der Waals surface area (Å²) in [6.07, 6.45) is 0.103. The Morgan fingerprint density at radius 1 is 1.27 bits per heavy atom. The van der Waals surface area contributed by atoms with Gasteiger partial charge in [0.25, 0.3) is 5.91 Å². The third-order valence-corrected chi connectivity index (χ3v) is 4.14. The Morgan fingerprint density at radius 2 is 1.95 bits per heavy atom. The molecule has 0 spiro atoms. The number of fused-ring (bicyclic) bond motifs is 1. The standard InChI is InChI=1S/C17H19ClN2O2/c1-10-8-20(9-11(2)22-10)17(21)15-7-13-6-14(18)4-5-16(13)19-12(15)3/h4-7,10-11H,8-9H2,1-3H3. The first-order valence-corrected chi connectivity index (χ1v) is 7.83. The van der Waals surface area contributed by atoms with Crippen LogP contribution in [0.15, 0.2) is 24.3 Å². The number of carbonyl (C=O) groups excluding carboxylic acids is 1.